The summed E-state index contributed by atoms with van der Waals surface area (Å²) >= 11 is 0. The van der Waals surface area contributed by atoms with Crippen molar-refractivity contribution >= 4 is 5.91 Å². The third-order valence-electron chi connectivity index (χ3n) is 2.18. The number of nitrogens with zero attached hydrogens (tertiary/aromatic N) is 5. The number of nitrogens with one attached hydrogen (secondary N) is 1. The second-order valence-electron chi connectivity index (χ2n) is 3.45. The molecule has 8 heteroatoms. The lowest BCUT2D eigenvalue weighted by Crippen LogP contribution is -2.24. The molecule has 18 heavy (non-hydrogen) atoms. The number of aromatic nitrogens is 5. The minimum Gasteiger partial charge on any atom is -0.351 e. The Balaban J connectivity index is 2.19. The summed E-state index contributed by atoms with van der Waals surface area (Å²) in [5.74, 6) is 0.748. The van der Waals surface area contributed by atoms with Gasteiger partial charge in [-0.25, -0.2) is 9.67 Å². The molecule has 2 aromatic rings. The van der Waals surface area contributed by atoms with Gasteiger partial charge in [0.1, 0.15) is 6.33 Å². The second-order valence-corrected chi connectivity index (χ2v) is 3.45. The third-order valence-corrected chi connectivity index (χ3v) is 2.18. The number of hydrogen-bond donors (Lipinski definition) is 2. The van der Waals surface area contributed by atoms with Gasteiger partial charge in [-0.05, 0) is 19.1 Å². The van der Waals surface area contributed by atoms with Crippen molar-refractivity contribution in [2.75, 3.05) is 6.54 Å². The largest absolute Gasteiger partial charge is 0.351 e. The van der Waals surface area contributed by atoms with E-state index in [0.717, 1.165) is 0 Å². The highest BCUT2D eigenvalue weighted by Gasteiger charge is 2.08. The van der Waals surface area contributed by atoms with E-state index >= 15 is 0 Å². The molecule has 0 aliphatic rings. The van der Waals surface area contributed by atoms with Crippen molar-refractivity contribution in [2.24, 2.45) is 5.73 Å². The number of hydrogen-bond acceptors (Lipinski definition) is 6. The minimum atomic E-state index is -0.252. The molecule has 0 atom stereocenters. The second kappa shape index (κ2) is 5.32. The van der Waals surface area contributed by atoms with Gasteiger partial charge in [0.05, 0.1) is 6.54 Å². The zero-order valence-electron chi connectivity index (χ0n) is 9.87. The molecular formula is C10H13N7O. The van der Waals surface area contributed by atoms with Gasteiger partial charge in [-0.15, -0.1) is 15.3 Å². The van der Waals surface area contributed by atoms with Crippen LogP contribution < -0.4 is 11.1 Å². The highest BCUT2D eigenvalue weighted by atomic mass is 16.1. The van der Waals surface area contributed by atoms with Crippen LogP contribution in [0.3, 0.4) is 0 Å². The first-order chi connectivity index (χ1) is 8.74. The average molecular weight is 247 g/mol. The standard InChI is InChI=1S/C10H13N7O/c1-2-12-10(18)7-3-4-9(15-14-7)17-6-13-8(5-11)16-17/h3-4,6H,2,5,11H2,1H3,(H,12,18). The Kier molecular flexibility index (Phi) is 3.58. The molecule has 0 saturated carbocycles. The molecule has 2 heterocycles. The molecule has 94 valence electrons. The fraction of sp³-hybridized carbons (Fsp3) is 0.300. The zero-order chi connectivity index (χ0) is 13.0. The van der Waals surface area contributed by atoms with Gasteiger partial charge in [0.15, 0.2) is 17.3 Å². The SMILES string of the molecule is CCNC(=O)c1ccc(-n2cnc(CN)n2)nn1. The van der Waals surface area contributed by atoms with Gasteiger partial charge < -0.3 is 11.1 Å². The van der Waals surface area contributed by atoms with Crippen LogP contribution in [0.25, 0.3) is 5.82 Å². The summed E-state index contributed by atoms with van der Waals surface area (Å²) in [5, 5.41) is 14.5. The summed E-state index contributed by atoms with van der Waals surface area (Å²) in [4.78, 5) is 15.5. The van der Waals surface area contributed by atoms with Crippen LogP contribution in [0.5, 0.6) is 0 Å². The first-order valence-corrected chi connectivity index (χ1v) is 5.47. The molecule has 0 spiro atoms. The Hall–Kier alpha value is -2.35. The Morgan fingerprint density at radius 2 is 2.28 bits per heavy atom. The molecule has 0 aliphatic heterocycles. The molecular weight excluding hydrogens is 234 g/mol. The van der Waals surface area contributed by atoms with Crippen LogP contribution in [-0.4, -0.2) is 37.4 Å². The maximum atomic E-state index is 11.5. The Bertz CT molecular complexity index is 533. The van der Waals surface area contributed by atoms with E-state index in [-0.39, 0.29) is 18.1 Å². The molecule has 2 rings (SSSR count). The fourth-order valence-corrected chi connectivity index (χ4v) is 1.32. The number of amides is 1. The van der Waals surface area contributed by atoms with Crippen LogP contribution in [0.1, 0.15) is 23.2 Å². The molecule has 3 N–H and O–H groups in total. The average Bonchev–Trinajstić information content (AvgIpc) is 2.88. The molecule has 0 radical (unpaired) electrons. The van der Waals surface area contributed by atoms with Crippen molar-refractivity contribution in [3.63, 3.8) is 0 Å². The highest BCUT2D eigenvalue weighted by Crippen LogP contribution is 2.02. The molecule has 0 aliphatic carbocycles. The van der Waals surface area contributed by atoms with Crippen LogP contribution in [0.2, 0.25) is 0 Å². The van der Waals surface area contributed by atoms with E-state index in [9.17, 15) is 4.79 Å². The minimum absolute atomic E-state index is 0.252. The van der Waals surface area contributed by atoms with Gasteiger partial charge in [0.25, 0.3) is 5.91 Å². The molecule has 0 unspecified atom stereocenters. The van der Waals surface area contributed by atoms with E-state index in [0.29, 0.717) is 18.2 Å². The first-order valence-electron chi connectivity index (χ1n) is 5.47. The van der Waals surface area contributed by atoms with Crippen molar-refractivity contribution in [3.8, 4) is 5.82 Å². The van der Waals surface area contributed by atoms with E-state index in [2.05, 4.69) is 25.6 Å². The van der Waals surface area contributed by atoms with Crippen LogP contribution in [0.4, 0.5) is 0 Å². The normalized spacial score (nSPS) is 10.3. The van der Waals surface area contributed by atoms with E-state index in [1.165, 1.54) is 11.0 Å². The van der Waals surface area contributed by atoms with Crippen LogP contribution in [0.15, 0.2) is 18.5 Å². The van der Waals surface area contributed by atoms with Gasteiger partial charge in [-0.1, -0.05) is 0 Å². The summed E-state index contributed by atoms with van der Waals surface area (Å²) in [6.07, 6.45) is 1.50. The van der Waals surface area contributed by atoms with Gasteiger partial charge in [-0.3, -0.25) is 4.79 Å². The smallest absolute Gasteiger partial charge is 0.271 e. The van der Waals surface area contributed by atoms with Crippen molar-refractivity contribution in [1.82, 2.24) is 30.3 Å². The summed E-state index contributed by atoms with van der Waals surface area (Å²) in [6.45, 7) is 2.64. The van der Waals surface area contributed by atoms with Gasteiger partial charge in [0.2, 0.25) is 0 Å². The summed E-state index contributed by atoms with van der Waals surface area (Å²) in [6, 6.07) is 3.23. The van der Waals surface area contributed by atoms with E-state index < -0.39 is 0 Å². The molecule has 2 aromatic heterocycles. The van der Waals surface area contributed by atoms with Crippen LogP contribution in [-0.2, 0) is 6.54 Å². The number of carbonyl (C=O) groups is 1. The lowest BCUT2D eigenvalue weighted by molar-refractivity contribution is 0.0950. The summed E-state index contributed by atoms with van der Waals surface area (Å²) in [7, 11) is 0. The Morgan fingerprint density at radius 1 is 1.44 bits per heavy atom. The fourth-order valence-electron chi connectivity index (χ4n) is 1.32. The predicted molar refractivity (Wildman–Crippen MR) is 62.8 cm³/mol. The van der Waals surface area contributed by atoms with Crippen molar-refractivity contribution < 1.29 is 4.79 Å². The van der Waals surface area contributed by atoms with E-state index in [4.69, 9.17) is 5.73 Å². The number of rotatable bonds is 4. The molecule has 8 nitrogen and oxygen atoms in total. The predicted octanol–water partition coefficient (Wildman–Crippen LogP) is -0.734. The Morgan fingerprint density at radius 3 is 2.83 bits per heavy atom. The number of carbonyl (C=O) groups excluding carboxylic acids is 1. The van der Waals surface area contributed by atoms with Crippen LogP contribution >= 0.6 is 0 Å². The number of nitrogens with two attached hydrogens (primary N) is 1. The van der Waals surface area contributed by atoms with Crippen LogP contribution in [0, 0.1) is 0 Å². The maximum Gasteiger partial charge on any atom is 0.271 e. The third kappa shape index (κ3) is 2.48. The van der Waals surface area contributed by atoms with Crippen molar-refractivity contribution in [2.45, 2.75) is 13.5 Å². The molecule has 0 saturated heterocycles. The van der Waals surface area contributed by atoms with Crippen molar-refractivity contribution in [3.05, 3.63) is 30.0 Å². The monoisotopic (exact) mass is 247 g/mol. The van der Waals surface area contributed by atoms with E-state index in [1.807, 2.05) is 6.92 Å². The highest BCUT2D eigenvalue weighted by molar-refractivity contribution is 5.92. The maximum absolute atomic E-state index is 11.5. The van der Waals surface area contributed by atoms with Gasteiger partial charge >= 0.3 is 0 Å². The lowest BCUT2D eigenvalue weighted by atomic mass is 10.3. The zero-order valence-corrected chi connectivity index (χ0v) is 9.87. The summed E-state index contributed by atoms with van der Waals surface area (Å²) in [5.41, 5.74) is 5.67. The van der Waals surface area contributed by atoms with E-state index in [1.54, 1.807) is 12.1 Å². The quantitative estimate of drug-likeness (QED) is 0.736. The topological polar surface area (TPSA) is 112 Å². The van der Waals surface area contributed by atoms with Gasteiger partial charge in [-0.2, -0.15) is 0 Å². The summed E-state index contributed by atoms with van der Waals surface area (Å²) < 4.78 is 1.46. The Labute approximate surface area is 103 Å². The lowest BCUT2D eigenvalue weighted by Gasteiger charge is -2.01. The molecule has 0 bridgehead atoms. The molecule has 0 fully saturated rings. The van der Waals surface area contributed by atoms with Gasteiger partial charge in [0, 0.05) is 6.54 Å². The molecule has 1 amide bonds. The first kappa shape index (κ1) is 12.1. The van der Waals surface area contributed by atoms with Crippen molar-refractivity contribution in [1.29, 1.82) is 0 Å². The molecule has 0 aromatic carbocycles.